The van der Waals surface area contributed by atoms with Crippen molar-refractivity contribution in [2.75, 3.05) is 0 Å². The number of nitrogens with zero attached hydrogens (tertiary/aromatic N) is 1. The lowest BCUT2D eigenvalue weighted by atomic mass is 9.62. The quantitative estimate of drug-likeness (QED) is 0.776. The maximum absolute atomic E-state index is 10.9. The predicted octanol–water partition coefficient (Wildman–Crippen LogP) is 3.40. The van der Waals surface area contributed by atoms with Crippen molar-refractivity contribution in [3.05, 3.63) is 0 Å². The number of hydrogen-bond acceptors (Lipinski definition) is 2. The van der Waals surface area contributed by atoms with E-state index in [0.717, 1.165) is 51.4 Å². The van der Waals surface area contributed by atoms with E-state index in [2.05, 4.69) is 13.0 Å². The average molecular weight is 221 g/mol. The third kappa shape index (κ3) is 1.76. The summed E-state index contributed by atoms with van der Waals surface area (Å²) >= 11 is 0. The molecule has 90 valence electrons. The van der Waals surface area contributed by atoms with E-state index in [1.54, 1.807) is 0 Å². The number of nitriles is 1. The fourth-order valence-electron chi connectivity index (χ4n) is 3.81. The zero-order chi connectivity index (χ0) is 11.6. The van der Waals surface area contributed by atoms with Gasteiger partial charge >= 0.3 is 0 Å². The Labute approximate surface area is 98.7 Å². The third-order valence-electron chi connectivity index (χ3n) is 4.97. The Morgan fingerprint density at radius 1 is 1.25 bits per heavy atom. The van der Waals surface area contributed by atoms with Crippen LogP contribution in [0.3, 0.4) is 0 Å². The van der Waals surface area contributed by atoms with Crippen LogP contribution >= 0.6 is 0 Å². The summed E-state index contributed by atoms with van der Waals surface area (Å²) in [5.41, 5.74) is -1.10. The zero-order valence-corrected chi connectivity index (χ0v) is 10.3. The number of rotatable bonds is 2. The Morgan fingerprint density at radius 3 is 2.50 bits per heavy atom. The van der Waals surface area contributed by atoms with Crippen molar-refractivity contribution in [1.29, 1.82) is 5.26 Å². The molecule has 2 aliphatic carbocycles. The van der Waals surface area contributed by atoms with E-state index in [0.29, 0.717) is 5.92 Å². The number of hydrogen-bond donors (Lipinski definition) is 1. The van der Waals surface area contributed by atoms with Crippen molar-refractivity contribution in [3.63, 3.8) is 0 Å². The van der Waals surface area contributed by atoms with Crippen molar-refractivity contribution in [3.8, 4) is 6.07 Å². The zero-order valence-electron chi connectivity index (χ0n) is 10.3. The van der Waals surface area contributed by atoms with Crippen molar-refractivity contribution < 1.29 is 5.11 Å². The van der Waals surface area contributed by atoms with Gasteiger partial charge in [0.2, 0.25) is 0 Å². The first-order valence-corrected chi connectivity index (χ1v) is 6.79. The summed E-state index contributed by atoms with van der Waals surface area (Å²) in [4.78, 5) is 0. The molecule has 0 radical (unpaired) electrons. The van der Waals surface area contributed by atoms with Gasteiger partial charge in [-0.25, -0.2) is 0 Å². The van der Waals surface area contributed by atoms with Gasteiger partial charge in [0.05, 0.1) is 17.1 Å². The van der Waals surface area contributed by atoms with Crippen LogP contribution in [0.4, 0.5) is 0 Å². The molecule has 0 heterocycles. The lowest BCUT2D eigenvalue weighted by Crippen LogP contribution is -2.49. The molecule has 2 atom stereocenters. The van der Waals surface area contributed by atoms with Gasteiger partial charge in [0, 0.05) is 0 Å². The van der Waals surface area contributed by atoms with Gasteiger partial charge in [-0.1, -0.05) is 39.0 Å². The summed E-state index contributed by atoms with van der Waals surface area (Å²) in [6.45, 7) is 2.20. The van der Waals surface area contributed by atoms with Crippen molar-refractivity contribution in [2.24, 2.45) is 11.3 Å². The Morgan fingerprint density at radius 2 is 1.94 bits per heavy atom. The van der Waals surface area contributed by atoms with E-state index >= 15 is 0 Å². The molecule has 0 saturated heterocycles. The van der Waals surface area contributed by atoms with Gasteiger partial charge in [-0.05, 0) is 31.6 Å². The van der Waals surface area contributed by atoms with Crippen LogP contribution in [0.5, 0.6) is 0 Å². The molecule has 0 spiro atoms. The first kappa shape index (κ1) is 11.9. The lowest BCUT2D eigenvalue weighted by Gasteiger charge is -2.45. The third-order valence-corrected chi connectivity index (χ3v) is 4.97. The normalized spacial score (nSPS) is 38.2. The largest absolute Gasteiger partial charge is 0.388 e. The van der Waals surface area contributed by atoms with Crippen LogP contribution in [0.15, 0.2) is 0 Å². The van der Waals surface area contributed by atoms with Crippen LogP contribution in [-0.4, -0.2) is 10.7 Å². The Hall–Kier alpha value is -0.550. The first-order valence-electron chi connectivity index (χ1n) is 6.79. The summed E-state index contributed by atoms with van der Waals surface area (Å²) < 4.78 is 0. The van der Waals surface area contributed by atoms with E-state index in [-0.39, 0.29) is 0 Å². The molecule has 0 aliphatic heterocycles. The van der Waals surface area contributed by atoms with E-state index in [1.165, 1.54) is 6.42 Å². The van der Waals surface area contributed by atoms with Gasteiger partial charge in [0.15, 0.2) is 0 Å². The standard InChI is InChI=1S/C14H23NO/c1-2-12-6-5-9-14(16,10-12)13(11-15)7-3-4-8-13/h12,16H,2-10H2,1H3. The highest BCUT2D eigenvalue weighted by Gasteiger charge is 2.53. The Balaban J connectivity index is 2.19. The average Bonchev–Trinajstić information content (AvgIpc) is 2.79. The Kier molecular flexibility index (Phi) is 3.26. The monoisotopic (exact) mass is 221 g/mol. The summed E-state index contributed by atoms with van der Waals surface area (Å²) in [6, 6.07) is 2.48. The summed E-state index contributed by atoms with van der Waals surface area (Å²) in [5, 5.41) is 20.4. The smallest absolute Gasteiger partial charge is 0.0860 e. The SMILES string of the molecule is CCC1CCCC(O)(C2(C#N)CCCC2)C1. The van der Waals surface area contributed by atoms with Crippen LogP contribution < -0.4 is 0 Å². The maximum atomic E-state index is 10.9. The van der Waals surface area contributed by atoms with Crippen molar-refractivity contribution >= 4 is 0 Å². The van der Waals surface area contributed by atoms with E-state index in [1.807, 2.05) is 0 Å². The lowest BCUT2D eigenvalue weighted by molar-refractivity contribution is -0.0945. The van der Waals surface area contributed by atoms with Crippen LogP contribution in [0, 0.1) is 22.7 Å². The highest BCUT2D eigenvalue weighted by molar-refractivity contribution is 5.14. The molecule has 0 amide bonds. The molecule has 2 unspecified atom stereocenters. The second-order valence-corrected chi connectivity index (χ2v) is 5.80. The molecular formula is C14H23NO. The van der Waals surface area contributed by atoms with E-state index < -0.39 is 11.0 Å². The molecule has 2 saturated carbocycles. The number of aliphatic hydroxyl groups is 1. The molecule has 0 bridgehead atoms. The highest BCUT2D eigenvalue weighted by atomic mass is 16.3. The molecule has 2 fully saturated rings. The molecule has 0 aromatic carbocycles. The Bertz CT molecular complexity index is 288. The molecule has 0 aromatic heterocycles. The maximum Gasteiger partial charge on any atom is 0.0860 e. The minimum atomic E-state index is -0.683. The van der Waals surface area contributed by atoms with Crippen molar-refractivity contribution in [1.82, 2.24) is 0 Å². The minimum absolute atomic E-state index is 0.416. The van der Waals surface area contributed by atoms with Crippen LogP contribution in [0.25, 0.3) is 0 Å². The molecule has 2 heteroatoms. The molecule has 1 N–H and O–H groups in total. The van der Waals surface area contributed by atoms with Gasteiger partial charge in [-0.15, -0.1) is 0 Å². The summed E-state index contributed by atoms with van der Waals surface area (Å²) in [7, 11) is 0. The van der Waals surface area contributed by atoms with E-state index in [9.17, 15) is 10.4 Å². The fourth-order valence-corrected chi connectivity index (χ4v) is 3.81. The molecule has 0 aromatic rings. The second kappa shape index (κ2) is 4.37. The highest BCUT2D eigenvalue weighted by Crippen LogP contribution is 2.53. The topological polar surface area (TPSA) is 44.0 Å². The summed E-state index contributed by atoms with van der Waals surface area (Å²) in [6.07, 6.45) is 9.24. The van der Waals surface area contributed by atoms with Gasteiger partial charge < -0.3 is 5.11 Å². The van der Waals surface area contributed by atoms with Crippen molar-refractivity contribution in [2.45, 2.75) is 70.3 Å². The van der Waals surface area contributed by atoms with Gasteiger partial charge in [-0.2, -0.15) is 5.26 Å². The summed E-state index contributed by atoms with van der Waals surface area (Å²) in [5.74, 6) is 0.629. The minimum Gasteiger partial charge on any atom is -0.388 e. The van der Waals surface area contributed by atoms with E-state index in [4.69, 9.17) is 0 Å². The molecule has 2 nitrogen and oxygen atoms in total. The van der Waals surface area contributed by atoms with Crippen LogP contribution in [0.1, 0.15) is 64.7 Å². The predicted molar refractivity (Wildman–Crippen MR) is 63.7 cm³/mol. The molecular weight excluding hydrogens is 198 g/mol. The molecule has 16 heavy (non-hydrogen) atoms. The molecule has 2 rings (SSSR count). The van der Waals surface area contributed by atoms with Gasteiger partial charge in [0.1, 0.15) is 0 Å². The second-order valence-electron chi connectivity index (χ2n) is 5.80. The van der Waals surface area contributed by atoms with Crippen LogP contribution in [0.2, 0.25) is 0 Å². The molecule has 2 aliphatic rings. The first-order chi connectivity index (χ1) is 7.66. The van der Waals surface area contributed by atoms with Gasteiger partial charge in [-0.3, -0.25) is 0 Å². The van der Waals surface area contributed by atoms with Crippen LogP contribution in [-0.2, 0) is 0 Å². The fraction of sp³-hybridized carbons (Fsp3) is 0.929. The van der Waals surface area contributed by atoms with Gasteiger partial charge in [0.25, 0.3) is 0 Å².